The van der Waals surface area contributed by atoms with Crippen molar-refractivity contribution in [3.8, 4) is 0 Å². The Labute approximate surface area is 541 Å². The Kier molecular flexibility index (Phi) is 23.8. The van der Waals surface area contributed by atoms with E-state index in [1.54, 1.807) is 34.6 Å². The summed E-state index contributed by atoms with van der Waals surface area (Å²) in [4.78, 5) is 39.6. The molecule has 530 valence electrons. The summed E-state index contributed by atoms with van der Waals surface area (Å²) < 4.78 is 62.1. The summed E-state index contributed by atoms with van der Waals surface area (Å²) in [5.41, 5.74) is -6.55. The zero-order valence-electron chi connectivity index (χ0n) is 56.4. The van der Waals surface area contributed by atoms with Crippen molar-refractivity contribution in [3.63, 3.8) is 0 Å². The van der Waals surface area contributed by atoms with Crippen molar-refractivity contribution in [3.05, 3.63) is 11.6 Å². The SMILES string of the molecule is CC(C1CC(O)[C@]2(C)C3CCC(OC[C@]4(C)OC(COCC5(C)OC(CO)[C@@H](O)CC5O)C(=O)CC4O)C(C)(C)C3=CCC2[C@H]1C)[C@H](C)CCC(OC[C@@]1(C)OC(COCC2(C)OC(CO)C(=O)CC2O)C(=O)CC1O[C@@]1(C)OC(CO)[C@H](O)C(O)C1O)C(C)(C)O. The van der Waals surface area contributed by atoms with Crippen molar-refractivity contribution in [2.24, 2.45) is 46.3 Å². The average Bonchev–Trinajstić information content (AvgIpc) is 0.712. The van der Waals surface area contributed by atoms with Crippen LogP contribution in [0.1, 0.15) is 154 Å². The molecule has 92 heavy (non-hydrogen) atoms. The minimum absolute atomic E-state index is 0.0000170. The van der Waals surface area contributed by atoms with Crippen molar-refractivity contribution >= 4 is 17.3 Å². The third-order valence-corrected chi connectivity index (χ3v) is 23.5. The van der Waals surface area contributed by atoms with Gasteiger partial charge in [-0.25, -0.2) is 0 Å². The largest absolute Gasteiger partial charge is 0.394 e. The summed E-state index contributed by atoms with van der Waals surface area (Å²) in [5.74, 6) is -2.53. The number of ketones is 3. The van der Waals surface area contributed by atoms with Crippen LogP contribution >= 0.6 is 0 Å². The lowest BCUT2D eigenvalue weighted by molar-refractivity contribution is -0.383. The van der Waals surface area contributed by atoms with E-state index in [-0.39, 0.29) is 113 Å². The highest BCUT2D eigenvalue weighted by molar-refractivity contribution is 5.85. The van der Waals surface area contributed by atoms with Gasteiger partial charge in [0.05, 0.1) is 114 Å². The van der Waals surface area contributed by atoms with Gasteiger partial charge < -0.3 is 109 Å². The molecule has 2 saturated carbocycles. The van der Waals surface area contributed by atoms with Gasteiger partial charge in [-0.1, -0.05) is 53.2 Å². The van der Waals surface area contributed by atoms with E-state index in [9.17, 15) is 75.7 Å². The molecule has 5 aliphatic heterocycles. The van der Waals surface area contributed by atoms with E-state index >= 15 is 0 Å². The van der Waals surface area contributed by atoms with Gasteiger partial charge in [0.1, 0.15) is 71.2 Å². The molecule has 12 N–H and O–H groups in total. The molecule has 0 radical (unpaired) electrons. The Hall–Kier alpha value is -2.13. The Morgan fingerprint density at radius 3 is 1.75 bits per heavy atom. The van der Waals surface area contributed by atoms with Crippen molar-refractivity contribution in [1.82, 2.24) is 0 Å². The van der Waals surface area contributed by atoms with Crippen LogP contribution in [0.15, 0.2) is 11.6 Å². The summed E-state index contributed by atoms with van der Waals surface area (Å²) in [5, 5.41) is 130. The summed E-state index contributed by atoms with van der Waals surface area (Å²) in [7, 11) is 0. The molecule has 0 aromatic heterocycles. The van der Waals surface area contributed by atoms with Gasteiger partial charge in [0, 0.05) is 36.5 Å². The first kappa shape index (κ1) is 75.6. The molecule has 0 aromatic rings. The third kappa shape index (κ3) is 15.2. The highest BCUT2D eigenvalue weighted by Crippen LogP contribution is 2.64. The van der Waals surface area contributed by atoms with E-state index in [1.165, 1.54) is 19.4 Å². The number of carbonyl (C=O) groups excluding carboxylic acids is 3. The maximum Gasteiger partial charge on any atom is 0.195 e. The number of fused-ring (bicyclic) bond motifs is 3. The predicted octanol–water partition coefficient (Wildman–Crippen LogP) is 0.920. The van der Waals surface area contributed by atoms with Crippen LogP contribution in [-0.2, 0) is 61.8 Å². The van der Waals surface area contributed by atoms with Crippen LogP contribution in [0.5, 0.6) is 0 Å². The molecule has 28 atom stereocenters. The van der Waals surface area contributed by atoms with Crippen molar-refractivity contribution in [1.29, 1.82) is 0 Å². The van der Waals surface area contributed by atoms with E-state index in [0.29, 0.717) is 25.7 Å². The first-order valence-corrected chi connectivity index (χ1v) is 33.5. The zero-order valence-corrected chi connectivity index (χ0v) is 56.4. The topological polar surface area (TPSA) is 386 Å². The smallest absolute Gasteiger partial charge is 0.195 e. The van der Waals surface area contributed by atoms with Crippen molar-refractivity contribution in [2.75, 3.05) is 59.5 Å². The molecular formula is C67H112O25. The second kappa shape index (κ2) is 29.0. The number of hydrogen-bond donors (Lipinski definition) is 12. The molecule has 0 spiro atoms. The lowest BCUT2D eigenvalue weighted by Gasteiger charge is -2.62. The van der Waals surface area contributed by atoms with Gasteiger partial charge in [0.15, 0.2) is 23.1 Å². The first-order chi connectivity index (χ1) is 42.8. The molecule has 7 fully saturated rings. The number of aliphatic hydroxyl groups excluding tert-OH is 11. The van der Waals surface area contributed by atoms with Crippen LogP contribution in [0.4, 0.5) is 0 Å². The lowest BCUT2D eigenvalue weighted by atomic mass is 9.44. The number of Topliss-reactive ketones (excluding diaryl/α,β-unsaturated/α-hetero) is 3. The second-order valence-corrected chi connectivity index (χ2v) is 31.0. The number of hydrogen-bond acceptors (Lipinski definition) is 25. The monoisotopic (exact) mass is 1320 g/mol. The Morgan fingerprint density at radius 1 is 0.609 bits per heavy atom. The fourth-order valence-electron chi connectivity index (χ4n) is 16.6. The highest BCUT2D eigenvalue weighted by atomic mass is 16.7. The number of carbonyl (C=O) groups is 3. The van der Waals surface area contributed by atoms with E-state index in [0.717, 1.165) is 12.8 Å². The molecule has 25 heteroatoms. The van der Waals surface area contributed by atoms with Gasteiger partial charge in [-0.15, -0.1) is 0 Å². The molecule has 0 aromatic carbocycles. The average molecular weight is 1320 g/mol. The molecule has 8 rings (SSSR count). The molecule has 0 bridgehead atoms. The lowest BCUT2D eigenvalue weighted by Crippen LogP contribution is -2.68. The normalized spacial score (nSPS) is 46.2. The predicted molar refractivity (Wildman–Crippen MR) is 327 cm³/mol. The second-order valence-electron chi connectivity index (χ2n) is 31.0. The van der Waals surface area contributed by atoms with Gasteiger partial charge in [0.2, 0.25) is 0 Å². The van der Waals surface area contributed by atoms with E-state index in [1.807, 2.05) is 0 Å². The van der Waals surface area contributed by atoms with Crippen LogP contribution in [0.2, 0.25) is 0 Å². The van der Waals surface area contributed by atoms with Gasteiger partial charge in [0.25, 0.3) is 0 Å². The van der Waals surface area contributed by atoms with Crippen LogP contribution in [0.25, 0.3) is 0 Å². The molecule has 25 nitrogen and oxygen atoms in total. The minimum atomic E-state index is -2.08. The maximum absolute atomic E-state index is 14.0. The molecule has 8 aliphatic rings. The number of ether oxygens (including phenoxy) is 10. The van der Waals surface area contributed by atoms with Gasteiger partial charge in [-0.3, -0.25) is 14.4 Å². The molecule has 5 heterocycles. The summed E-state index contributed by atoms with van der Waals surface area (Å²) in [6, 6.07) is 0. The summed E-state index contributed by atoms with van der Waals surface area (Å²) in [6.45, 7) is 21.4. The van der Waals surface area contributed by atoms with Crippen LogP contribution in [0, 0.1) is 46.3 Å². The van der Waals surface area contributed by atoms with Crippen molar-refractivity contribution < 1.29 is 123 Å². The summed E-state index contributed by atoms with van der Waals surface area (Å²) >= 11 is 0. The van der Waals surface area contributed by atoms with Gasteiger partial charge >= 0.3 is 0 Å². The Balaban J connectivity index is 0.898. The molecule has 0 amide bonds. The quantitative estimate of drug-likeness (QED) is 0.0566. The first-order valence-electron chi connectivity index (χ1n) is 33.5. The van der Waals surface area contributed by atoms with Crippen molar-refractivity contribution in [2.45, 2.75) is 286 Å². The van der Waals surface area contributed by atoms with E-state index in [4.69, 9.17) is 47.4 Å². The number of rotatable bonds is 25. The fraction of sp³-hybridized carbons (Fsp3) is 0.925. The molecular weight excluding hydrogens is 1200 g/mol. The highest BCUT2D eigenvalue weighted by Gasteiger charge is 2.62. The Morgan fingerprint density at radius 2 is 1.16 bits per heavy atom. The summed E-state index contributed by atoms with van der Waals surface area (Å²) in [6.07, 6.45) is -13.1. The zero-order chi connectivity index (χ0) is 68.2. The van der Waals surface area contributed by atoms with E-state index in [2.05, 4.69) is 47.6 Å². The van der Waals surface area contributed by atoms with E-state index < -0.39 is 168 Å². The van der Waals surface area contributed by atoms with Crippen LogP contribution in [-0.4, -0.2) is 270 Å². The Bertz CT molecular complexity index is 2550. The minimum Gasteiger partial charge on any atom is -0.394 e. The van der Waals surface area contributed by atoms with Gasteiger partial charge in [-0.2, -0.15) is 0 Å². The maximum atomic E-state index is 14.0. The van der Waals surface area contributed by atoms with Gasteiger partial charge in [-0.05, 0) is 122 Å². The number of aliphatic hydroxyl groups is 12. The molecule has 5 saturated heterocycles. The standard InChI is InChI=1S/C67H112O25/c1-34(14-18-55(61(6,7)82)86-33-65(11)56(92-67(13)59(81)58(80)57(79)47(27-70)91-67)24-44(74)49(90-65)29-84-31-63(9)51(76)22-42(72)46(26-69)88-63)35(2)37-20-53(78)66(12)38(36(37)3)15-16-39-40(66)17-19-54(60(39,4)5)85-32-64(10)52(77)23-43(73)48(89-64)28-83-30-62(8)50(75)21-41(71)45(25-68)87-62/h16,34-38,40-41,45-59,68-71,75-82H,14-15,17-33H2,1-13H3/t34-,35?,36+,37?,38?,40?,41+,45?,46?,47?,48?,49?,50?,51?,52?,53?,54?,55?,56?,57+,58?,59?,62?,63?,64+,65-,66+,67-/m1/s1. The molecule has 3 aliphatic carbocycles. The fourth-order valence-corrected chi connectivity index (χ4v) is 16.6. The van der Waals surface area contributed by atoms with Crippen LogP contribution < -0.4 is 0 Å². The third-order valence-electron chi connectivity index (χ3n) is 23.5. The molecule has 20 unspecified atom stereocenters. The number of allylic oxidation sites excluding steroid dienone is 1. The van der Waals surface area contributed by atoms with Crippen LogP contribution in [0.3, 0.4) is 0 Å².